The molecule has 0 saturated carbocycles. The molecule has 2 aromatic rings. The van der Waals surface area contributed by atoms with Crippen LogP contribution in [0.3, 0.4) is 0 Å². The molecule has 2 nitrogen and oxygen atoms in total. The largest absolute Gasteiger partial charge is 0.497 e. The number of allylic oxidation sites excluding steroid dienone is 5. The van der Waals surface area contributed by atoms with E-state index in [0.717, 1.165) is 29.9 Å². The normalized spacial score (nSPS) is 21.8. The third-order valence-corrected chi connectivity index (χ3v) is 5.63. The van der Waals surface area contributed by atoms with Gasteiger partial charge >= 0.3 is 0 Å². The van der Waals surface area contributed by atoms with Crippen molar-refractivity contribution in [3.05, 3.63) is 103 Å². The van der Waals surface area contributed by atoms with E-state index in [0.29, 0.717) is 0 Å². The zero-order chi connectivity index (χ0) is 20.0. The Balaban J connectivity index is 1.98. The van der Waals surface area contributed by atoms with Gasteiger partial charge in [-0.2, -0.15) is 0 Å². The summed E-state index contributed by atoms with van der Waals surface area (Å²) in [5.74, 6) is 1.93. The molecule has 0 amide bonds. The number of hydrogen-bond acceptors (Lipinski definition) is 2. The first-order valence-electron chi connectivity index (χ1n) is 9.58. The van der Waals surface area contributed by atoms with Crippen LogP contribution < -0.4 is 9.47 Å². The van der Waals surface area contributed by atoms with E-state index in [1.165, 1.54) is 11.1 Å². The van der Waals surface area contributed by atoms with E-state index < -0.39 is 0 Å². The molecule has 2 atom stereocenters. The second kappa shape index (κ2) is 8.79. The molecule has 0 N–H and O–H groups in total. The lowest BCUT2D eigenvalue weighted by Gasteiger charge is -2.39. The molecule has 0 bridgehead atoms. The van der Waals surface area contributed by atoms with E-state index in [9.17, 15) is 0 Å². The Morgan fingerprint density at radius 1 is 0.929 bits per heavy atom. The SMILES string of the molecule is C=CC1=C[C@@H](c2ccc(OC)cc2)[C@](C=C)(/C=C/c2ccc(OC)cc2)CC1. The number of methoxy groups -OCH3 is 2. The maximum Gasteiger partial charge on any atom is 0.118 e. The van der Waals surface area contributed by atoms with Crippen molar-refractivity contribution >= 4 is 6.08 Å². The summed E-state index contributed by atoms with van der Waals surface area (Å²) >= 11 is 0. The van der Waals surface area contributed by atoms with Gasteiger partial charge in [-0.1, -0.05) is 66.8 Å². The van der Waals surface area contributed by atoms with Gasteiger partial charge in [0.25, 0.3) is 0 Å². The third-order valence-electron chi connectivity index (χ3n) is 5.63. The average Bonchev–Trinajstić information content (AvgIpc) is 2.78. The highest BCUT2D eigenvalue weighted by molar-refractivity contribution is 5.54. The molecule has 2 heteroatoms. The fraction of sp³-hybridized carbons (Fsp3) is 0.231. The van der Waals surface area contributed by atoms with E-state index in [4.69, 9.17) is 9.47 Å². The van der Waals surface area contributed by atoms with Gasteiger partial charge < -0.3 is 9.47 Å². The van der Waals surface area contributed by atoms with Crippen molar-refractivity contribution in [1.82, 2.24) is 0 Å². The second-order valence-electron chi connectivity index (χ2n) is 7.12. The van der Waals surface area contributed by atoms with Gasteiger partial charge in [-0.3, -0.25) is 0 Å². The van der Waals surface area contributed by atoms with Gasteiger partial charge in [0.15, 0.2) is 0 Å². The Morgan fingerprint density at radius 2 is 1.54 bits per heavy atom. The Bertz CT molecular complexity index is 872. The number of ether oxygens (including phenoxy) is 2. The van der Waals surface area contributed by atoms with Crippen LogP contribution in [0.5, 0.6) is 11.5 Å². The molecule has 0 heterocycles. The van der Waals surface area contributed by atoms with Gasteiger partial charge in [0.05, 0.1) is 14.2 Å². The van der Waals surface area contributed by atoms with Crippen LogP contribution in [-0.4, -0.2) is 14.2 Å². The minimum absolute atomic E-state index is 0.152. The van der Waals surface area contributed by atoms with E-state index in [1.54, 1.807) is 14.2 Å². The summed E-state index contributed by atoms with van der Waals surface area (Å²) in [6.07, 6.45) is 12.9. The van der Waals surface area contributed by atoms with Crippen LogP contribution in [-0.2, 0) is 0 Å². The van der Waals surface area contributed by atoms with Gasteiger partial charge in [-0.05, 0) is 48.2 Å². The first kappa shape index (κ1) is 19.8. The fourth-order valence-electron chi connectivity index (χ4n) is 3.81. The molecule has 3 rings (SSSR count). The van der Waals surface area contributed by atoms with Crippen molar-refractivity contribution in [1.29, 1.82) is 0 Å². The van der Waals surface area contributed by atoms with Crippen LogP contribution in [0, 0.1) is 5.41 Å². The Morgan fingerprint density at radius 3 is 2.07 bits per heavy atom. The van der Waals surface area contributed by atoms with E-state index in [-0.39, 0.29) is 11.3 Å². The standard InChI is InChI=1S/C26H28O2/c1-5-20-15-17-26(6-2,18-16-21-7-11-23(27-3)12-8-21)25(19-20)22-9-13-24(28-4)14-10-22/h5-14,16,18-19,25H,1-2,15,17H2,3-4H3/b18-16+/t25-,26-/m0/s1. The molecule has 28 heavy (non-hydrogen) atoms. The maximum atomic E-state index is 5.33. The molecule has 0 fully saturated rings. The third kappa shape index (κ3) is 4.12. The predicted molar refractivity (Wildman–Crippen MR) is 118 cm³/mol. The summed E-state index contributed by atoms with van der Waals surface area (Å²) < 4.78 is 10.6. The highest BCUT2D eigenvalue weighted by atomic mass is 16.5. The first-order chi connectivity index (χ1) is 13.6. The molecule has 144 valence electrons. The molecule has 0 aliphatic heterocycles. The van der Waals surface area contributed by atoms with E-state index >= 15 is 0 Å². The molecule has 0 radical (unpaired) electrons. The molecule has 0 saturated heterocycles. The van der Waals surface area contributed by atoms with Crippen molar-refractivity contribution in [3.63, 3.8) is 0 Å². The lowest BCUT2D eigenvalue weighted by atomic mass is 9.65. The van der Waals surface area contributed by atoms with Crippen molar-refractivity contribution in [2.45, 2.75) is 18.8 Å². The van der Waals surface area contributed by atoms with Crippen LogP contribution in [0.15, 0.2) is 91.6 Å². The molecule has 1 aliphatic carbocycles. The van der Waals surface area contributed by atoms with Crippen LogP contribution in [0.1, 0.15) is 29.9 Å². The molecule has 0 unspecified atom stereocenters. The molecule has 0 aromatic heterocycles. The van der Waals surface area contributed by atoms with Gasteiger partial charge in [0.1, 0.15) is 11.5 Å². The summed E-state index contributed by atoms with van der Waals surface area (Å²) in [5, 5.41) is 0. The molecule has 0 spiro atoms. The minimum Gasteiger partial charge on any atom is -0.497 e. The molecular formula is C26H28O2. The first-order valence-corrected chi connectivity index (χ1v) is 9.58. The number of rotatable bonds is 7. The fourth-order valence-corrected chi connectivity index (χ4v) is 3.81. The Hall–Kier alpha value is -3.00. The number of benzene rings is 2. The lowest BCUT2D eigenvalue weighted by molar-refractivity contribution is 0.387. The Kier molecular flexibility index (Phi) is 6.20. The average molecular weight is 373 g/mol. The minimum atomic E-state index is -0.152. The van der Waals surface area contributed by atoms with Crippen LogP contribution in [0.4, 0.5) is 0 Å². The summed E-state index contributed by atoms with van der Waals surface area (Å²) in [6, 6.07) is 16.4. The maximum absolute atomic E-state index is 5.33. The zero-order valence-electron chi connectivity index (χ0n) is 16.7. The van der Waals surface area contributed by atoms with Gasteiger partial charge in [0.2, 0.25) is 0 Å². The summed E-state index contributed by atoms with van der Waals surface area (Å²) in [5.41, 5.74) is 3.53. The van der Waals surface area contributed by atoms with Crippen molar-refractivity contribution in [2.24, 2.45) is 5.41 Å². The second-order valence-corrected chi connectivity index (χ2v) is 7.12. The summed E-state index contributed by atoms with van der Waals surface area (Å²) in [4.78, 5) is 0. The highest BCUT2D eigenvalue weighted by Crippen LogP contribution is 2.48. The molecule has 2 aromatic carbocycles. The smallest absolute Gasteiger partial charge is 0.118 e. The predicted octanol–water partition coefficient (Wildman–Crippen LogP) is 6.58. The van der Waals surface area contributed by atoms with Crippen LogP contribution in [0.25, 0.3) is 6.08 Å². The van der Waals surface area contributed by atoms with Crippen LogP contribution >= 0.6 is 0 Å². The van der Waals surface area contributed by atoms with Gasteiger partial charge in [-0.25, -0.2) is 0 Å². The van der Waals surface area contributed by atoms with Crippen molar-refractivity contribution in [3.8, 4) is 11.5 Å². The quantitative estimate of drug-likeness (QED) is 0.511. The Labute approximate surface area is 168 Å². The monoisotopic (exact) mass is 372 g/mol. The molecular weight excluding hydrogens is 344 g/mol. The van der Waals surface area contributed by atoms with Crippen LogP contribution in [0.2, 0.25) is 0 Å². The topological polar surface area (TPSA) is 18.5 Å². The van der Waals surface area contributed by atoms with Crippen molar-refractivity contribution in [2.75, 3.05) is 14.2 Å². The zero-order valence-corrected chi connectivity index (χ0v) is 16.7. The lowest BCUT2D eigenvalue weighted by Crippen LogP contribution is -2.27. The summed E-state index contributed by atoms with van der Waals surface area (Å²) in [7, 11) is 3.37. The van der Waals surface area contributed by atoms with Gasteiger partial charge in [-0.15, -0.1) is 6.58 Å². The van der Waals surface area contributed by atoms with E-state index in [2.05, 4.69) is 61.7 Å². The highest BCUT2D eigenvalue weighted by Gasteiger charge is 2.36. The molecule has 1 aliphatic rings. The van der Waals surface area contributed by atoms with Crippen molar-refractivity contribution < 1.29 is 9.47 Å². The number of hydrogen-bond donors (Lipinski definition) is 0. The summed E-state index contributed by atoms with van der Waals surface area (Å²) in [6.45, 7) is 8.18. The van der Waals surface area contributed by atoms with E-state index in [1.807, 2.05) is 30.3 Å². The van der Waals surface area contributed by atoms with Gasteiger partial charge in [0, 0.05) is 11.3 Å².